The molecule has 0 aliphatic carbocycles. The van der Waals surface area contributed by atoms with Crippen LogP contribution in [0, 0.1) is 11.8 Å². The number of rotatable bonds is 3. The largest absolute Gasteiger partial charge is 0.459 e. The lowest BCUT2D eigenvalue weighted by molar-refractivity contribution is -0.158. The van der Waals surface area contributed by atoms with Crippen LogP contribution in [0.25, 0.3) is 0 Å². The first-order chi connectivity index (χ1) is 7.78. The number of piperidine rings is 1. The van der Waals surface area contributed by atoms with Crippen molar-refractivity contribution in [3.05, 3.63) is 0 Å². The summed E-state index contributed by atoms with van der Waals surface area (Å²) in [4.78, 5) is 11.9. The Labute approximate surface area is 105 Å². The lowest BCUT2D eigenvalue weighted by Gasteiger charge is -2.31. The van der Waals surface area contributed by atoms with E-state index in [1.165, 1.54) is 6.42 Å². The van der Waals surface area contributed by atoms with Gasteiger partial charge >= 0.3 is 5.97 Å². The third-order valence-electron chi connectivity index (χ3n) is 3.01. The van der Waals surface area contributed by atoms with E-state index in [1.807, 2.05) is 20.8 Å². The maximum absolute atomic E-state index is 11.9. The van der Waals surface area contributed by atoms with Crippen LogP contribution < -0.4 is 5.32 Å². The summed E-state index contributed by atoms with van der Waals surface area (Å²) >= 11 is 0. The van der Waals surface area contributed by atoms with Crippen LogP contribution in [0.15, 0.2) is 0 Å². The zero-order valence-electron chi connectivity index (χ0n) is 11.9. The Morgan fingerprint density at radius 3 is 2.41 bits per heavy atom. The van der Waals surface area contributed by atoms with Crippen molar-refractivity contribution in [2.45, 2.75) is 65.5 Å². The molecule has 0 aromatic carbocycles. The van der Waals surface area contributed by atoms with E-state index in [2.05, 4.69) is 19.2 Å². The number of carbonyl (C=O) groups excluding carboxylic acids is 1. The van der Waals surface area contributed by atoms with E-state index in [9.17, 15) is 4.79 Å². The molecule has 1 rings (SSSR count). The summed E-state index contributed by atoms with van der Waals surface area (Å²) in [6.45, 7) is 11.2. The molecule has 0 aromatic heterocycles. The van der Waals surface area contributed by atoms with E-state index < -0.39 is 0 Å². The molecule has 100 valence electrons. The predicted octanol–water partition coefficient (Wildman–Crippen LogP) is 2.74. The molecule has 1 fully saturated rings. The molecule has 1 saturated heterocycles. The average molecular weight is 241 g/mol. The third-order valence-corrected chi connectivity index (χ3v) is 3.01. The normalized spacial score (nSPS) is 26.0. The highest BCUT2D eigenvalue weighted by atomic mass is 16.6. The molecular formula is C14H27NO2. The van der Waals surface area contributed by atoms with Gasteiger partial charge in [0.2, 0.25) is 0 Å². The van der Waals surface area contributed by atoms with Crippen molar-refractivity contribution in [1.82, 2.24) is 5.32 Å². The number of nitrogens with one attached hydrogen (secondary N) is 1. The van der Waals surface area contributed by atoms with Crippen molar-refractivity contribution in [2.24, 2.45) is 11.8 Å². The van der Waals surface area contributed by atoms with Crippen molar-refractivity contribution in [1.29, 1.82) is 0 Å². The van der Waals surface area contributed by atoms with Crippen LogP contribution in [0.4, 0.5) is 0 Å². The van der Waals surface area contributed by atoms with Crippen LogP contribution in [0.1, 0.15) is 53.9 Å². The number of hydrogen-bond donors (Lipinski definition) is 1. The summed E-state index contributed by atoms with van der Waals surface area (Å²) in [5.74, 6) is 1.36. The van der Waals surface area contributed by atoms with E-state index >= 15 is 0 Å². The summed E-state index contributed by atoms with van der Waals surface area (Å²) in [6, 6.07) is -0.0994. The molecule has 2 atom stereocenters. The molecule has 0 radical (unpaired) electrons. The molecule has 0 aromatic rings. The van der Waals surface area contributed by atoms with Gasteiger partial charge in [0.25, 0.3) is 0 Å². The number of ether oxygens (including phenoxy) is 1. The highest BCUT2D eigenvalue weighted by Crippen LogP contribution is 2.22. The highest BCUT2D eigenvalue weighted by molar-refractivity contribution is 5.76. The molecule has 17 heavy (non-hydrogen) atoms. The SMILES string of the molecule is CC(C)C[C@@H]1CC[C@@H](C(=O)OC(C)(C)C)NC1. The maximum atomic E-state index is 11.9. The van der Waals surface area contributed by atoms with Crippen molar-refractivity contribution in [3.63, 3.8) is 0 Å². The van der Waals surface area contributed by atoms with Gasteiger partial charge in [-0.05, 0) is 58.4 Å². The van der Waals surface area contributed by atoms with Crippen LogP contribution in [-0.2, 0) is 9.53 Å². The Kier molecular flexibility index (Phi) is 4.99. The molecular weight excluding hydrogens is 214 g/mol. The second-order valence-electron chi connectivity index (χ2n) is 6.57. The molecule has 0 amide bonds. The minimum Gasteiger partial charge on any atom is -0.459 e. The van der Waals surface area contributed by atoms with Crippen molar-refractivity contribution < 1.29 is 9.53 Å². The van der Waals surface area contributed by atoms with Crippen molar-refractivity contribution in [3.8, 4) is 0 Å². The topological polar surface area (TPSA) is 38.3 Å². The molecule has 0 spiro atoms. The lowest BCUT2D eigenvalue weighted by Crippen LogP contribution is -2.46. The van der Waals surface area contributed by atoms with Crippen LogP contribution >= 0.6 is 0 Å². The fraction of sp³-hybridized carbons (Fsp3) is 0.929. The Hall–Kier alpha value is -0.570. The van der Waals surface area contributed by atoms with Gasteiger partial charge in [-0.3, -0.25) is 4.79 Å². The summed E-state index contributed by atoms with van der Waals surface area (Å²) in [6.07, 6.45) is 3.29. The molecule has 0 unspecified atom stereocenters. The Balaban J connectivity index is 2.34. The van der Waals surface area contributed by atoms with E-state index in [1.54, 1.807) is 0 Å². The van der Waals surface area contributed by atoms with Crippen LogP contribution in [-0.4, -0.2) is 24.2 Å². The minimum atomic E-state index is -0.381. The second kappa shape index (κ2) is 5.85. The predicted molar refractivity (Wildman–Crippen MR) is 69.8 cm³/mol. The van der Waals surface area contributed by atoms with Crippen LogP contribution in [0.2, 0.25) is 0 Å². The van der Waals surface area contributed by atoms with Crippen LogP contribution in [0.5, 0.6) is 0 Å². The van der Waals surface area contributed by atoms with Gasteiger partial charge in [-0.25, -0.2) is 0 Å². The first-order valence-corrected chi connectivity index (χ1v) is 6.74. The molecule has 1 aliphatic rings. The van der Waals surface area contributed by atoms with Crippen molar-refractivity contribution in [2.75, 3.05) is 6.54 Å². The van der Waals surface area contributed by atoms with Crippen LogP contribution in [0.3, 0.4) is 0 Å². The van der Waals surface area contributed by atoms with Gasteiger partial charge < -0.3 is 10.1 Å². The molecule has 3 heteroatoms. The quantitative estimate of drug-likeness (QED) is 0.772. The second-order valence-corrected chi connectivity index (χ2v) is 6.57. The molecule has 0 bridgehead atoms. The fourth-order valence-corrected chi connectivity index (χ4v) is 2.36. The smallest absolute Gasteiger partial charge is 0.323 e. The number of hydrogen-bond acceptors (Lipinski definition) is 3. The van der Waals surface area contributed by atoms with Crippen molar-refractivity contribution >= 4 is 5.97 Å². The number of carbonyl (C=O) groups is 1. The summed E-state index contributed by atoms with van der Waals surface area (Å²) in [7, 11) is 0. The average Bonchev–Trinajstić information content (AvgIpc) is 2.15. The fourth-order valence-electron chi connectivity index (χ4n) is 2.36. The van der Waals surface area contributed by atoms with E-state index in [4.69, 9.17) is 4.74 Å². The standard InChI is InChI=1S/C14H27NO2/c1-10(2)8-11-6-7-12(15-9-11)13(16)17-14(3,4)5/h10-12,15H,6-9H2,1-5H3/t11-,12-/m0/s1. The zero-order valence-corrected chi connectivity index (χ0v) is 11.9. The van der Waals surface area contributed by atoms with Gasteiger partial charge in [-0.1, -0.05) is 13.8 Å². The molecule has 1 N–H and O–H groups in total. The van der Waals surface area contributed by atoms with E-state index in [-0.39, 0.29) is 17.6 Å². The minimum absolute atomic E-state index is 0.0968. The Bertz CT molecular complexity index is 247. The molecule has 3 nitrogen and oxygen atoms in total. The summed E-state index contributed by atoms with van der Waals surface area (Å²) in [5, 5.41) is 3.32. The first-order valence-electron chi connectivity index (χ1n) is 6.74. The van der Waals surface area contributed by atoms with E-state index in [0.717, 1.165) is 25.3 Å². The van der Waals surface area contributed by atoms with Gasteiger partial charge in [0.05, 0.1) is 0 Å². The summed E-state index contributed by atoms with van der Waals surface area (Å²) < 4.78 is 5.39. The molecule has 1 heterocycles. The van der Waals surface area contributed by atoms with E-state index in [0.29, 0.717) is 5.92 Å². The monoisotopic (exact) mass is 241 g/mol. The lowest BCUT2D eigenvalue weighted by atomic mass is 9.88. The van der Waals surface area contributed by atoms with Gasteiger partial charge in [0.1, 0.15) is 11.6 Å². The Morgan fingerprint density at radius 2 is 2.00 bits per heavy atom. The van der Waals surface area contributed by atoms with Gasteiger partial charge in [0, 0.05) is 0 Å². The molecule has 1 aliphatic heterocycles. The highest BCUT2D eigenvalue weighted by Gasteiger charge is 2.29. The van der Waals surface area contributed by atoms with Gasteiger partial charge in [-0.15, -0.1) is 0 Å². The summed E-state index contributed by atoms with van der Waals surface area (Å²) in [5.41, 5.74) is -0.381. The maximum Gasteiger partial charge on any atom is 0.323 e. The number of esters is 1. The van der Waals surface area contributed by atoms with Gasteiger partial charge in [-0.2, -0.15) is 0 Å². The third kappa shape index (κ3) is 5.53. The zero-order chi connectivity index (χ0) is 13.1. The Morgan fingerprint density at radius 1 is 1.35 bits per heavy atom. The van der Waals surface area contributed by atoms with Gasteiger partial charge in [0.15, 0.2) is 0 Å². The molecule has 0 saturated carbocycles. The first kappa shape index (κ1) is 14.5.